The molecule has 17 aliphatic carbocycles. The number of fused-ring (bicyclic) bond motifs is 2. The first-order valence-corrected chi connectivity index (χ1v) is 49.8. The highest BCUT2D eigenvalue weighted by atomic mass is 127. The molecule has 0 aromatic heterocycles. The van der Waals surface area contributed by atoms with Gasteiger partial charge in [0, 0.05) is 15.7 Å². The molecule has 17 aliphatic rings. The van der Waals surface area contributed by atoms with Gasteiger partial charge in [-0.1, -0.05) is 200 Å². The van der Waals surface area contributed by atoms with Gasteiger partial charge >= 0.3 is 0 Å². The van der Waals surface area contributed by atoms with E-state index in [4.69, 9.17) is 0 Å². The molecule has 0 N–H and O–H groups in total. The van der Waals surface area contributed by atoms with Gasteiger partial charge < -0.3 is 0 Å². The fourth-order valence-corrected chi connectivity index (χ4v) is 40.6. The van der Waals surface area contributed by atoms with Crippen molar-refractivity contribution in [2.45, 2.75) is 347 Å². The van der Waals surface area contributed by atoms with Crippen LogP contribution in [-0.2, 0) is 0 Å². The van der Waals surface area contributed by atoms with Crippen LogP contribution >= 0.6 is 88.5 Å². The molecule has 17 saturated carbocycles. The Balaban J connectivity index is 0.874. The first kappa shape index (κ1) is 70.1. The number of hydrogen-bond acceptors (Lipinski definition) is 0. The molecule has 4 bridgehead atoms. The summed E-state index contributed by atoms with van der Waals surface area (Å²) in [5, 5.41) is 0. The maximum Gasteiger partial charge on any atom is 0.0141 e. The highest BCUT2D eigenvalue weighted by Gasteiger charge is 2.78. The Morgan fingerprint density at radius 2 is 1.08 bits per heavy atom. The summed E-state index contributed by atoms with van der Waals surface area (Å²) in [6.45, 7) is 21.7. The van der Waals surface area contributed by atoms with E-state index in [0.717, 1.165) is 193 Å². The second-order valence-electron chi connectivity index (χ2n) is 39.7. The van der Waals surface area contributed by atoms with Gasteiger partial charge in [-0.15, -0.1) is 20.7 Å². The molecule has 528 valence electrons. The summed E-state index contributed by atoms with van der Waals surface area (Å²) in [6.07, 6.45) is 68.6. The van der Waals surface area contributed by atoms with Gasteiger partial charge in [-0.3, -0.25) is 0 Å². The van der Waals surface area contributed by atoms with Crippen molar-refractivity contribution in [2.24, 2.45) is 194 Å². The predicted octanol–water partition coefficient (Wildman–Crippen LogP) is 27.5. The monoisotopic (exact) mass is 1720 g/mol. The lowest BCUT2D eigenvalue weighted by atomic mass is 9.25. The second-order valence-corrected chi connectivity index (χ2v) is 48.1. The minimum Gasteiger partial charge on any atom is -0.120 e. The van der Waals surface area contributed by atoms with Crippen molar-refractivity contribution in [1.82, 2.24) is 0 Å². The third-order valence-electron chi connectivity index (χ3n) is 38.0. The van der Waals surface area contributed by atoms with Crippen LogP contribution in [0.2, 0.25) is 0 Å². The molecule has 1 spiro atoms. The Bertz CT molecular complexity index is 2540. The summed E-state index contributed by atoms with van der Waals surface area (Å²) in [5.74, 6) is 30.7. The van der Waals surface area contributed by atoms with Crippen LogP contribution in [0.15, 0.2) is 0 Å². The van der Waals surface area contributed by atoms with Gasteiger partial charge in [0.05, 0.1) is 0 Å². The van der Waals surface area contributed by atoms with E-state index < -0.39 is 0 Å². The van der Waals surface area contributed by atoms with Gasteiger partial charge in [-0.05, 0) is 396 Å². The Morgan fingerprint density at radius 1 is 0.473 bits per heavy atom. The Morgan fingerprint density at radius 3 is 1.63 bits per heavy atom. The van der Waals surface area contributed by atoms with Gasteiger partial charge in [-0.25, -0.2) is 0 Å². The van der Waals surface area contributed by atoms with E-state index in [0.29, 0.717) is 16.2 Å². The lowest BCUT2D eigenvalue weighted by Gasteiger charge is -2.80. The van der Waals surface area contributed by atoms with E-state index in [1.807, 2.05) is 0 Å². The van der Waals surface area contributed by atoms with Crippen LogP contribution in [0, 0.1) is 194 Å². The topological polar surface area (TPSA) is 0 Å². The number of hydrogen-bond donors (Lipinski definition) is 0. The van der Waals surface area contributed by atoms with E-state index >= 15 is 0 Å². The molecule has 0 nitrogen and oxygen atoms in total. The molecule has 0 aliphatic heterocycles. The molecule has 17 rings (SSSR count). The van der Waals surface area contributed by atoms with Crippen LogP contribution in [0.3, 0.4) is 0 Å². The quantitative estimate of drug-likeness (QED) is 0.0842. The Labute approximate surface area is 626 Å². The zero-order chi connectivity index (χ0) is 63.8. The highest BCUT2D eigenvalue weighted by molar-refractivity contribution is 14.2. The van der Waals surface area contributed by atoms with Crippen LogP contribution in [0.4, 0.5) is 0 Å². The number of alkyl halides is 4. The summed E-state index contributed by atoms with van der Waals surface area (Å²) in [6, 6.07) is 0. The molecule has 93 heavy (non-hydrogen) atoms. The zero-order valence-corrected chi connectivity index (χ0v) is 70.2. The Hall–Kier alpha value is 2.79. The van der Waals surface area contributed by atoms with Crippen molar-refractivity contribution in [3.8, 4) is 0 Å². The van der Waals surface area contributed by atoms with Crippen molar-refractivity contribution in [3.63, 3.8) is 0 Å². The van der Waals surface area contributed by atoms with Crippen LogP contribution in [0.1, 0.15) is 331 Å². The Kier molecular flexibility index (Phi) is 21.8. The lowest BCUT2D eigenvalue weighted by Crippen LogP contribution is -2.75. The average molecular weight is 1720 g/mol. The predicted molar refractivity (Wildman–Crippen MR) is 432 cm³/mol. The van der Waals surface area contributed by atoms with E-state index in [2.05, 4.69) is 127 Å². The number of rotatable bonds is 20. The van der Waals surface area contributed by atoms with E-state index in [-0.39, 0.29) is 20.7 Å². The van der Waals surface area contributed by atoms with Crippen molar-refractivity contribution in [1.29, 1.82) is 0 Å². The van der Waals surface area contributed by atoms with Gasteiger partial charge in [0.2, 0.25) is 0 Å². The molecular weight excluding hydrogens is 1580 g/mol. The molecule has 17 fully saturated rings. The third-order valence-corrected chi connectivity index (χ3v) is 47.4. The SMILES string of the molecule is CCC(CC)C[C@@H]1CC(C2CCC2C23C(C[C@H]2C)C2CCC2C2(C(C4CCC4I)CC2[C@](CC)(C2CCC2=IC2CCC2C)C2CCC2C2CCC2I)[C@H]2CCC(C(C4CCCCC4C(I)CC[C@H](C)CC)C2)C2CCCCC2C2C[C@@H]3CCC2C2CCCCC2)[C@@H]1C. The van der Waals surface area contributed by atoms with Gasteiger partial charge in [0.1, 0.15) is 0 Å². The third kappa shape index (κ3) is 11.6. The normalized spacial score (nSPS) is 53.6. The first-order chi connectivity index (χ1) is 45.3. The highest BCUT2D eigenvalue weighted by Crippen LogP contribution is 2.84. The molecule has 0 radical (unpaired) electrons. The fraction of sp³-hybridized carbons (Fsp3) is 0.989. The minimum absolute atomic E-state index is 0.195. The molecule has 0 aromatic rings. The van der Waals surface area contributed by atoms with E-state index in [1.54, 1.807) is 238 Å². The molecule has 0 aromatic carbocycles. The molecule has 35 atom stereocenters. The van der Waals surface area contributed by atoms with Crippen LogP contribution in [0.5, 0.6) is 0 Å². The molecule has 0 saturated heterocycles. The summed E-state index contributed by atoms with van der Waals surface area (Å²) in [5.41, 5.74) is 1.81. The maximum absolute atomic E-state index is 3.19. The molecule has 28 unspecified atom stereocenters. The maximum atomic E-state index is 3.19. The van der Waals surface area contributed by atoms with Gasteiger partial charge in [0.15, 0.2) is 0 Å². The van der Waals surface area contributed by atoms with Crippen LogP contribution < -0.4 is 0 Å². The molecule has 4 heteroatoms. The van der Waals surface area contributed by atoms with Crippen LogP contribution in [0.25, 0.3) is 0 Å². The van der Waals surface area contributed by atoms with Gasteiger partial charge in [-0.2, -0.15) is 0 Å². The minimum atomic E-state index is 0.195. The second kappa shape index (κ2) is 28.9. The zero-order valence-electron chi connectivity index (χ0n) is 61.5. The van der Waals surface area contributed by atoms with Crippen molar-refractivity contribution in [2.75, 3.05) is 0 Å². The number of halogens is 4. The fourth-order valence-electron chi connectivity index (χ4n) is 32.2. The lowest BCUT2D eigenvalue weighted by molar-refractivity contribution is -0.313. The van der Waals surface area contributed by atoms with E-state index in [1.165, 1.54) is 38.5 Å². The summed E-state index contributed by atoms with van der Waals surface area (Å²) in [4.78, 5) is 0. The van der Waals surface area contributed by atoms with E-state index in [9.17, 15) is 0 Å². The van der Waals surface area contributed by atoms with Crippen LogP contribution in [-0.4, -0.2) is 19.2 Å². The van der Waals surface area contributed by atoms with Crippen molar-refractivity contribution < 1.29 is 0 Å². The largest absolute Gasteiger partial charge is 0.120 e. The molecule has 0 amide bonds. The summed E-state index contributed by atoms with van der Waals surface area (Å²) in [7, 11) is 0. The standard InChI is InChI=1S/C89H144I4/c1-9-52(5)26-41-81(90)68-25-19-18-24-64(68)74-50-60-29-31-65(74)62-22-16-17-23-63(62)73-49-59(28-30-61(73)57-20-14-13-15-21-57)88(76-38-33-67(76)72-48-58(55(72)8)47-56(10-2)11-3)54(7)46-79(88)70-34-39-77(70)89(60)80(71-36-43-83(71)92)51-86(89)87(12-4,75-37-32-66(75)69-35-42-82(69)91)78-40-45-85(78)93-84-44-27-53(84)6/h52-84,86H,9-51H2,1-8H3/t52-,53?,54-,55-,58-,59+,60+,61?,62?,63?,64?,65?,66?,67?,68?,69?,70?,71?,72?,73?,74?,75?,76?,77?,78?,79?,80?,81?,82?,83?,84?,86?,87+,88?,89?/m1/s1. The smallest absolute Gasteiger partial charge is 0.0141 e. The van der Waals surface area contributed by atoms with Crippen molar-refractivity contribution in [3.05, 3.63) is 0 Å². The first-order valence-electron chi connectivity index (χ1n) is 43.7. The average Bonchev–Trinajstić information content (AvgIpc) is 0.655. The van der Waals surface area contributed by atoms with Gasteiger partial charge in [0.25, 0.3) is 0 Å². The summed E-state index contributed by atoms with van der Waals surface area (Å²) < 4.78 is 6.24. The molecular formula is C89H144I4. The summed E-state index contributed by atoms with van der Waals surface area (Å²) >= 11 is 9.59. The molecule has 0 heterocycles. The van der Waals surface area contributed by atoms with Crippen molar-refractivity contribution >= 4 is 92.0 Å².